The molecular formula is C17H23ClF2N2O. The molecule has 0 aromatic heterocycles. The molecule has 0 radical (unpaired) electrons. The quantitative estimate of drug-likeness (QED) is 0.862. The topological polar surface area (TPSA) is 41.1 Å². The zero-order chi connectivity index (χ0) is 15.5. The van der Waals surface area contributed by atoms with E-state index in [-0.39, 0.29) is 30.2 Å². The molecule has 0 spiro atoms. The van der Waals surface area contributed by atoms with Crippen molar-refractivity contribution in [2.24, 2.45) is 11.8 Å². The fraction of sp³-hybridized carbons (Fsp3) is 0.588. The molecule has 1 amide bonds. The summed E-state index contributed by atoms with van der Waals surface area (Å²) in [7, 11) is 0. The molecule has 3 atom stereocenters. The summed E-state index contributed by atoms with van der Waals surface area (Å²) in [6, 6.07) is 4.18. The summed E-state index contributed by atoms with van der Waals surface area (Å²) in [5.74, 6) is -1.43. The van der Waals surface area contributed by atoms with Gasteiger partial charge >= 0.3 is 0 Å². The Hall–Kier alpha value is -1.20. The summed E-state index contributed by atoms with van der Waals surface area (Å²) < 4.78 is 26.9. The lowest BCUT2D eigenvalue weighted by Crippen LogP contribution is -2.33. The molecule has 6 heteroatoms. The Labute approximate surface area is 141 Å². The molecule has 2 aliphatic rings. The van der Waals surface area contributed by atoms with Crippen LogP contribution in [0.1, 0.15) is 37.2 Å². The Balaban J connectivity index is 0.00000192. The second-order valence-electron chi connectivity index (χ2n) is 6.38. The lowest BCUT2D eigenvalue weighted by Gasteiger charge is -2.22. The molecule has 128 valence electrons. The van der Waals surface area contributed by atoms with E-state index in [9.17, 15) is 13.6 Å². The molecule has 3 nitrogen and oxygen atoms in total. The van der Waals surface area contributed by atoms with Crippen molar-refractivity contribution >= 4 is 18.3 Å². The minimum Gasteiger partial charge on any atom is -0.356 e. The standard InChI is InChI=1S/C17H22F2N2O.ClH/c18-15-5-1-4-12(16(15)19)13-9-14(13)17(22)21-8-6-11-3-2-7-20-10-11;/h1,4-5,11,13-14,20H,2-3,6-10H2,(H,21,22);1H. The molecule has 3 rings (SSSR count). The van der Waals surface area contributed by atoms with Crippen LogP contribution in [0.3, 0.4) is 0 Å². The van der Waals surface area contributed by atoms with Crippen molar-refractivity contribution in [2.75, 3.05) is 19.6 Å². The van der Waals surface area contributed by atoms with Gasteiger partial charge in [0.1, 0.15) is 0 Å². The maximum Gasteiger partial charge on any atom is 0.223 e. The molecule has 3 unspecified atom stereocenters. The summed E-state index contributed by atoms with van der Waals surface area (Å²) in [5.41, 5.74) is 0.330. The van der Waals surface area contributed by atoms with Gasteiger partial charge in [-0.15, -0.1) is 12.4 Å². The second kappa shape index (κ2) is 8.06. The first-order valence-electron chi connectivity index (χ1n) is 8.09. The third kappa shape index (κ3) is 4.42. The molecule has 23 heavy (non-hydrogen) atoms. The maximum absolute atomic E-state index is 13.7. The van der Waals surface area contributed by atoms with Crippen molar-refractivity contribution in [3.63, 3.8) is 0 Å². The Morgan fingerprint density at radius 3 is 2.91 bits per heavy atom. The van der Waals surface area contributed by atoms with Crippen LogP contribution in [-0.4, -0.2) is 25.5 Å². The largest absolute Gasteiger partial charge is 0.356 e. The number of piperidine rings is 1. The van der Waals surface area contributed by atoms with Gasteiger partial charge in [-0.3, -0.25) is 4.79 Å². The number of rotatable bonds is 5. The third-order valence-corrected chi connectivity index (χ3v) is 4.76. The van der Waals surface area contributed by atoms with Crippen molar-refractivity contribution in [1.29, 1.82) is 0 Å². The van der Waals surface area contributed by atoms with Gasteiger partial charge in [-0.05, 0) is 62.2 Å². The SMILES string of the molecule is Cl.O=C(NCCC1CCCNC1)C1CC1c1cccc(F)c1F. The molecule has 2 fully saturated rings. The molecule has 1 heterocycles. The van der Waals surface area contributed by atoms with Crippen LogP contribution in [0.5, 0.6) is 0 Å². The highest BCUT2D eigenvalue weighted by Crippen LogP contribution is 2.48. The van der Waals surface area contributed by atoms with Crippen molar-refractivity contribution in [3.8, 4) is 0 Å². The second-order valence-corrected chi connectivity index (χ2v) is 6.38. The van der Waals surface area contributed by atoms with E-state index in [1.807, 2.05) is 0 Å². The normalized spacial score (nSPS) is 26.3. The third-order valence-electron chi connectivity index (χ3n) is 4.76. The summed E-state index contributed by atoms with van der Waals surface area (Å²) >= 11 is 0. The van der Waals surface area contributed by atoms with Gasteiger partial charge in [0, 0.05) is 12.5 Å². The molecule has 0 bridgehead atoms. The summed E-state index contributed by atoms with van der Waals surface area (Å²) in [6.07, 6.45) is 3.99. The molecule has 1 saturated heterocycles. The predicted molar refractivity (Wildman–Crippen MR) is 87.7 cm³/mol. The van der Waals surface area contributed by atoms with E-state index in [1.54, 1.807) is 6.07 Å². The van der Waals surface area contributed by atoms with Crippen molar-refractivity contribution in [1.82, 2.24) is 10.6 Å². The molecule has 1 aromatic carbocycles. The summed E-state index contributed by atoms with van der Waals surface area (Å²) in [4.78, 5) is 12.1. The van der Waals surface area contributed by atoms with Gasteiger partial charge in [-0.25, -0.2) is 8.78 Å². The van der Waals surface area contributed by atoms with Crippen LogP contribution in [0.2, 0.25) is 0 Å². The number of hydrogen-bond donors (Lipinski definition) is 2. The first kappa shape index (κ1) is 18.1. The Morgan fingerprint density at radius 1 is 1.35 bits per heavy atom. The molecule has 2 N–H and O–H groups in total. The van der Waals surface area contributed by atoms with E-state index in [2.05, 4.69) is 10.6 Å². The highest BCUT2D eigenvalue weighted by atomic mass is 35.5. The van der Waals surface area contributed by atoms with Gasteiger partial charge in [-0.2, -0.15) is 0 Å². The van der Waals surface area contributed by atoms with Gasteiger partial charge < -0.3 is 10.6 Å². The van der Waals surface area contributed by atoms with E-state index in [1.165, 1.54) is 18.9 Å². The van der Waals surface area contributed by atoms with Crippen LogP contribution in [-0.2, 0) is 4.79 Å². The van der Waals surface area contributed by atoms with Gasteiger partial charge in [-0.1, -0.05) is 12.1 Å². The lowest BCUT2D eigenvalue weighted by atomic mass is 9.96. The Morgan fingerprint density at radius 2 is 2.17 bits per heavy atom. The minimum absolute atomic E-state index is 0. The van der Waals surface area contributed by atoms with Crippen molar-refractivity contribution < 1.29 is 13.6 Å². The summed E-state index contributed by atoms with van der Waals surface area (Å²) in [6.45, 7) is 2.78. The minimum atomic E-state index is -0.839. The molecule has 1 aliphatic carbocycles. The fourth-order valence-corrected chi connectivity index (χ4v) is 3.34. The van der Waals surface area contributed by atoms with Crippen LogP contribution in [0.15, 0.2) is 18.2 Å². The highest BCUT2D eigenvalue weighted by molar-refractivity contribution is 5.85. The first-order chi connectivity index (χ1) is 10.7. The van der Waals surface area contributed by atoms with Crippen LogP contribution in [0.4, 0.5) is 8.78 Å². The average molecular weight is 345 g/mol. The van der Waals surface area contributed by atoms with E-state index in [0.717, 1.165) is 25.6 Å². The monoisotopic (exact) mass is 344 g/mol. The zero-order valence-corrected chi connectivity index (χ0v) is 13.8. The number of hydrogen-bond acceptors (Lipinski definition) is 2. The Bertz CT molecular complexity index is 549. The zero-order valence-electron chi connectivity index (χ0n) is 13.0. The molecule has 1 saturated carbocycles. The van der Waals surface area contributed by atoms with Crippen LogP contribution < -0.4 is 10.6 Å². The number of carbonyl (C=O) groups excluding carboxylic acids is 1. The summed E-state index contributed by atoms with van der Waals surface area (Å²) in [5, 5.41) is 6.30. The molecule has 1 aromatic rings. The van der Waals surface area contributed by atoms with Gasteiger partial charge in [0.25, 0.3) is 0 Å². The predicted octanol–water partition coefficient (Wildman–Crippen LogP) is 3.00. The number of carbonyl (C=O) groups is 1. The first-order valence-corrected chi connectivity index (χ1v) is 8.09. The number of benzene rings is 1. The number of nitrogens with one attached hydrogen (secondary N) is 2. The van der Waals surface area contributed by atoms with Crippen molar-refractivity contribution in [2.45, 2.75) is 31.6 Å². The van der Waals surface area contributed by atoms with Crippen molar-refractivity contribution in [3.05, 3.63) is 35.4 Å². The van der Waals surface area contributed by atoms with E-state index < -0.39 is 11.6 Å². The van der Waals surface area contributed by atoms with E-state index in [0.29, 0.717) is 24.4 Å². The highest BCUT2D eigenvalue weighted by Gasteiger charge is 2.45. The van der Waals surface area contributed by atoms with E-state index >= 15 is 0 Å². The van der Waals surface area contributed by atoms with E-state index in [4.69, 9.17) is 0 Å². The van der Waals surface area contributed by atoms with Gasteiger partial charge in [0.15, 0.2) is 11.6 Å². The smallest absolute Gasteiger partial charge is 0.223 e. The average Bonchev–Trinajstić information content (AvgIpc) is 3.31. The number of halogens is 3. The Kier molecular flexibility index (Phi) is 6.36. The molecule has 1 aliphatic heterocycles. The van der Waals surface area contributed by atoms with Gasteiger partial charge in [0.05, 0.1) is 0 Å². The maximum atomic E-state index is 13.7. The fourth-order valence-electron chi connectivity index (χ4n) is 3.34. The lowest BCUT2D eigenvalue weighted by molar-refractivity contribution is -0.122. The number of amides is 1. The van der Waals surface area contributed by atoms with Crippen LogP contribution >= 0.6 is 12.4 Å². The van der Waals surface area contributed by atoms with Crippen LogP contribution in [0.25, 0.3) is 0 Å². The molecular weight excluding hydrogens is 322 g/mol. The van der Waals surface area contributed by atoms with Gasteiger partial charge in [0.2, 0.25) is 5.91 Å². The van der Waals surface area contributed by atoms with Crippen LogP contribution in [0, 0.1) is 23.5 Å².